The molecule has 1 aromatic heterocycles. The number of fused-ring (bicyclic) bond motifs is 1. The lowest BCUT2D eigenvalue weighted by atomic mass is 10.0. The minimum absolute atomic E-state index is 0.103. The van der Waals surface area contributed by atoms with Crippen molar-refractivity contribution in [3.63, 3.8) is 0 Å². The molecule has 0 bridgehead atoms. The van der Waals surface area contributed by atoms with Crippen molar-refractivity contribution in [2.24, 2.45) is 0 Å². The lowest BCUT2D eigenvalue weighted by Gasteiger charge is -2.22. The topological polar surface area (TPSA) is 72.8 Å². The number of aromatic nitrogens is 2. The number of nitriles is 1. The molecule has 0 spiro atoms. The third-order valence-corrected chi connectivity index (χ3v) is 3.85. The molecule has 0 atom stereocenters. The zero-order valence-corrected chi connectivity index (χ0v) is 11.9. The van der Waals surface area contributed by atoms with Gasteiger partial charge in [-0.15, -0.1) is 0 Å². The number of aryl methyl sites for hydroxylation is 1. The first-order valence-corrected chi connectivity index (χ1v) is 7.02. The van der Waals surface area contributed by atoms with Crippen molar-refractivity contribution in [1.29, 1.82) is 5.26 Å². The van der Waals surface area contributed by atoms with Gasteiger partial charge in [0.1, 0.15) is 11.9 Å². The largest absolute Gasteiger partial charge is 0.355 e. The molecule has 0 aliphatic carbocycles. The van der Waals surface area contributed by atoms with Crippen LogP contribution in [0.1, 0.15) is 22.5 Å². The summed E-state index contributed by atoms with van der Waals surface area (Å²) < 4.78 is 0. The van der Waals surface area contributed by atoms with Gasteiger partial charge in [0.15, 0.2) is 11.4 Å². The van der Waals surface area contributed by atoms with E-state index in [0.717, 1.165) is 25.9 Å². The second-order valence-corrected chi connectivity index (χ2v) is 5.22. The molecule has 106 valence electrons. The van der Waals surface area contributed by atoms with Gasteiger partial charge in [-0.3, -0.25) is 4.79 Å². The fourth-order valence-corrected chi connectivity index (χ4v) is 2.78. The Morgan fingerprint density at radius 1 is 1.24 bits per heavy atom. The molecule has 3 rings (SSSR count). The SMILES string of the molecule is Cc1nc(N2CCc3ccccc3CC2)c(C#N)c(=O)[nH]1. The summed E-state index contributed by atoms with van der Waals surface area (Å²) in [5, 5.41) is 9.23. The molecule has 0 unspecified atom stereocenters. The first-order valence-electron chi connectivity index (χ1n) is 7.02. The minimum atomic E-state index is -0.359. The number of anilines is 1. The predicted octanol–water partition coefficient (Wildman–Crippen LogP) is 1.56. The Hall–Kier alpha value is -2.61. The van der Waals surface area contributed by atoms with Gasteiger partial charge in [-0.25, -0.2) is 4.98 Å². The van der Waals surface area contributed by atoms with E-state index < -0.39 is 0 Å². The average molecular weight is 280 g/mol. The summed E-state index contributed by atoms with van der Waals surface area (Å²) in [6.45, 7) is 3.27. The fraction of sp³-hybridized carbons (Fsp3) is 0.312. The van der Waals surface area contributed by atoms with E-state index in [-0.39, 0.29) is 11.1 Å². The van der Waals surface area contributed by atoms with E-state index in [2.05, 4.69) is 22.1 Å². The maximum absolute atomic E-state index is 11.9. The zero-order chi connectivity index (χ0) is 14.8. The molecule has 0 amide bonds. The zero-order valence-electron chi connectivity index (χ0n) is 11.9. The molecule has 2 heterocycles. The number of aromatic amines is 1. The Morgan fingerprint density at radius 3 is 2.43 bits per heavy atom. The molecule has 5 nitrogen and oxygen atoms in total. The number of rotatable bonds is 1. The quantitative estimate of drug-likeness (QED) is 0.860. The maximum atomic E-state index is 11.9. The molecular formula is C16H16N4O. The van der Waals surface area contributed by atoms with Crippen molar-refractivity contribution in [2.45, 2.75) is 19.8 Å². The minimum Gasteiger partial charge on any atom is -0.355 e. The van der Waals surface area contributed by atoms with E-state index in [1.807, 2.05) is 23.1 Å². The van der Waals surface area contributed by atoms with Crippen molar-refractivity contribution >= 4 is 5.82 Å². The summed E-state index contributed by atoms with van der Waals surface area (Å²) in [6.07, 6.45) is 1.79. The van der Waals surface area contributed by atoms with Gasteiger partial charge in [0, 0.05) is 13.1 Å². The van der Waals surface area contributed by atoms with Crippen LogP contribution in [0.5, 0.6) is 0 Å². The van der Waals surface area contributed by atoms with Crippen LogP contribution in [0.15, 0.2) is 29.1 Å². The highest BCUT2D eigenvalue weighted by atomic mass is 16.1. The lowest BCUT2D eigenvalue weighted by molar-refractivity contribution is 0.779. The Kier molecular flexibility index (Phi) is 3.44. The first kappa shape index (κ1) is 13.4. The molecule has 0 radical (unpaired) electrons. The Balaban J connectivity index is 1.97. The van der Waals surface area contributed by atoms with Gasteiger partial charge in [0.25, 0.3) is 5.56 Å². The standard InChI is InChI=1S/C16H16N4O/c1-11-18-15(14(10-17)16(21)19-11)20-8-6-12-4-2-3-5-13(12)7-9-20/h2-5H,6-9H2,1H3,(H,18,19,21). The fourth-order valence-electron chi connectivity index (χ4n) is 2.78. The van der Waals surface area contributed by atoms with Gasteiger partial charge in [-0.05, 0) is 30.9 Å². The van der Waals surface area contributed by atoms with Crippen molar-refractivity contribution in [2.75, 3.05) is 18.0 Å². The van der Waals surface area contributed by atoms with Gasteiger partial charge in [-0.1, -0.05) is 24.3 Å². The van der Waals surface area contributed by atoms with Crippen LogP contribution >= 0.6 is 0 Å². The number of benzene rings is 1. The van der Waals surface area contributed by atoms with Gasteiger partial charge in [0.05, 0.1) is 0 Å². The average Bonchev–Trinajstić information content (AvgIpc) is 2.69. The summed E-state index contributed by atoms with van der Waals surface area (Å²) >= 11 is 0. The number of hydrogen-bond donors (Lipinski definition) is 1. The summed E-state index contributed by atoms with van der Waals surface area (Å²) in [7, 11) is 0. The van der Waals surface area contributed by atoms with Crippen molar-refractivity contribution in [1.82, 2.24) is 9.97 Å². The number of nitrogens with one attached hydrogen (secondary N) is 1. The van der Waals surface area contributed by atoms with E-state index >= 15 is 0 Å². The molecule has 1 aliphatic rings. The van der Waals surface area contributed by atoms with E-state index in [4.69, 9.17) is 0 Å². The van der Waals surface area contributed by atoms with E-state index in [9.17, 15) is 10.1 Å². The normalized spacial score (nSPS) is 14.2. The molecule has 2 aromatic rings. The Bertz CT molecular complexity index is 746. The second-order valence-electron chi connectivity index (χ2n) is 5.22. The van der Waals surface area contributed by atoms with Crippen LogP contribution in [0.2, 0.25) is 0 Å². The summed E-state index contributed by atoms with van der Waals surface area (Å²) in [5.74, 6) is 1.04. The molecule has 1 N–H and O–H groups in total. The van der Waals surface area contributed by atoms with Gasteiger partial charge < -0.3 is 9.88 Å². The number of nitrogens with zero attached hydrogens (tertiary/aromatic N) is 3. The Morgan fingerprint density at radius 2 is 1.86 bits per heavy atom. The van der Waals surface area contributed by atoms with Gasteiger partial charge in [0.2, 0.25) is 0 Å². The molecule has 21 heavy (non-hydrogen) atoms. The molecule has 0 saturated carbocycles. The van der Waals surface area contributed by atoms with Gasteiger partial charge in [-0.2, -0.15) is 5.26 Å². The van der Waals surface area contributed by atoms with Crippen molar-refractivity contribution < 1.29 is 0 Å². The van der Waals surface area contributed by atoms with Crippen LogP contribution in [-0.2, 0) is 12.8 Å². The van der Waals surface area contributed by atoms with Crippen LogP contribution in [0.25, 0.3) is 0 Å². The van der Waals surface area contributed by atoms with E-state index in [1.165, 1.54) is 11.1 Å². The monoisotopic (exact) mass is 280 g/mol. The van der Waals surface area contributed by atoms with Crippen LogP contribution in [-0.4, -0.2) is 23.1 Å². The lowest BCUT2D eigenvalue weighted by Crippen LogP contribution is -2.31. The van der Waals surface area contributed by atoms with Crippen LogP contribution in [0.3, 0.4) is 0 Å². The highest BCUT2D eigenvalue weighted by Crippen LogP contribution is 2.20. The first-order chi connectivity index (χ1) is 10.2. The maximum Gasteiger partial charge on any atom is 0.271 e. The smallest absolute Gasteiger partial charge is 0.271 e. The van der Waals surface area contributed by atoms with Gasteiger partial charge >= 0.3 is 0 Å². The second kappa shape index (κ2) is 5.41. The third-order valence-electron chi connectivity index (χ3n) is 3.85. The van der Waals surface area contributed by atoms with Crippen LogP contribution < -0.4 is 10.5 Å². The molecule has 0 fully saturated rings. The predicted molar refractivity (Wildman–Crippen MR) is 80.4 cm³/mol. The highest BCUT2D eigenvalue weighted by molar-refractivity contribution is 5.53. The number of H-pyrrole nitrogens is 1. The van der Waals surface area contributed by atoms with Crippen LogP contribution in [0, 0.1) is 18.3 Å². The molecule has 1 aromatic carbocycles. The van der Waals surface area contributed by atoms with Crippen LogP contribution in [0.4, 0.5) is 5.82 Å². The summed E-state index contributed by atoms with van der Waals surface area (Å²) in [4.78, 5) is 20.9. The van der Waals surface area contributed by atoms with E-state index in [1.54, 1.807) is 6.92 Å². The summed E-state index contributed by atoms with van der Waals surface area (Å²) in [6, 6.07) is 10.4. The summed E-state index contributed by atoms with van der Waals surface area (Å²) in [5.41, 5.74) is 2.41. The molecular weight excluding hydrogens is 264 g/mol. The third kappa shape index (κ3) is 2.52. The number of hydrogen-bond acceptors (Lipinski definition) is 4. The highest BCUT2D eigenvalue weighted by Gasteiger charge is 2.20. The Labute approximate surface area is 122 Å². The molecule has 0 saturated heterocycles. The van der Waals surface area contributed by atoms with Crippen molar-refractivity contribution in [3.05, 3.63) is 57.1 Å². The van der Waals surface area contributed by atoms with Crippen molar-refractivity contribution in [3.8, 4) is 6.07 Å². The molecule has 1 aliphatic heterocycles. The van der Waals surface area contributed by atoms with E-state index in [0.29, 0.717) is 11.6 Å². The molecule has 5 heteroatoms.